The van der Waals surface area contributed by atoms with Crippen LogP contribution < -0.4 is 10.2 Å². The minimum absolute atomic E-state index is 0.540. The average Bonchev–Trinajstić information content (AvgIpc) is 2.57. The van der Waals surface area contributed by atoms with Crippen LogP contribution in [0.5, 0.6) is 0 Å². The van der Waals surface area contributed by atoms with Crippen LogP contribution in [0.1, 0.15) is 11.3 Å². The Morgan fingerprint density at radius 3 is 2.46 bits per heavy atom. The van der Waals surface area contributed by atoms with E-state index in [0.717, 1.165) is 23.7 Å². The minimum atomic E-state index is 0.540. The Bertz CT molecular complexity index is 821. The van der Waals surface area contributed by atoms with Gasteiger partial charge >= 0.3 is 0 Å². The first-order valence-corrected chi connectivity index (χ1v) is 8.12. The summed E-state index contributed by atoms with van der Waals surface area (Å²) in [6.45, 7) is 2.74. The zero-order valence-corrected chi connectivity index (χ0v) is 14.5. The van der Waals surface area contributed by atoms with Crippen molar-refractivity contribution < 1.29 is 0 Å². The van der Waals surface area contributed by atoms with Gasteiger partial charge in [-0.3, -0.25) is 0 Å². The van der Waals surface area contributed by atoms with Gasteiger partial charge < -0.3 is 10.2 Å². The first kappa shape index (κ1) is 16.3. The van der Waals surface area contributed by atoms with E-state index in [0.29, 0.717) is 11.0 Å². The van der Waals surface area contributed by atoms with Crippen molar-refractivity contribution in [1.82, 2.24) is 9.97 Å². The molecule has 0 spiro atoms. The molecule has 122 valence electrons. The molecule has 0 saturated carbocycles. The molecule has 0 bridgehead atoms. The van der Waals surface area contributed by atoms with Crippen molar-refractivity contribution in [2.24, 2.45) is 0 Å². The fourth-order valence-electron chi connectivity index (χ4n) is 2.42. The van der Waals surface area contributed by atoms with E-state index in [1.54, 1.807) is 0 Å². The molecule has 5 heteroatoms. The Morgan fingerprint density at radius 1 is 1.00 bits per heavy atom. The van der Waals surface area contributed by atoms with Crippen molar-refractivity contribution >= 4 is 29.1 Å². The first-order chi connectivity index (χ1) is 11.6. The largest absolute Gasteiger partial charge is 0.355 e. The zero-order valence-electron chi connectivity index (χ0n) is 13.7. The highest BCUT2D eigenvalue weighted by Gasteiger charge is 2.09. The van der Waals surface area contributed by atoms with E-state index < -0.39 is 0 Å². The molecule has 1 N–H and O–H groups in total. The van der Waals surface area contributed by atoms with Gasteiger partial charge in [-0.05, 0) is 24.6 Å². The lowest BCUT2D eigenvalue weighted by molar-refractivity contribution is 0.888. The van der Waals surface area contributed by atoms with Crippen LogP contribution in [0, 0.1) is 6.92 Å². The number of hydrogen-bond acceptors (Lipinski definition) is 4. The highest BCUT2D eigenvalue weighted by molar-refractivity contribution is 6.33. The molecule has 3 rings (SSSR count). The normalized spacial score (nSPS) is 10.5. The molecule has 0 aliphatic rings. The number of para-hydroxylation sites is 1. The summed E-state index contributed by atoms with van der Waals surface area (Å²) in [5, 5.41) is 3.83. The van der Waals surface area contributed by atoms with Gasteiger partial charge in [-0.1, -0.05) is 54.1 Å². The minimum Gasteiger partial charge on any atom is -0.355 e. The second-order valence-electron chi connectivity index (χ2n) is 5.64. The number of aromatic nitrogens is 2. The lowest BCUT2D eigenvalue weighted by Gasteiger charge is -2.19. The van der Waals surface area contributed by atoms with Gasteiger partial charge in [0.25, 0.3) is 0 Å². The number of nitrogens with one attached hydrogen (secondary N) is 1. The highest BCUT2D eigenvalue weighted by Crippen LogP contribution is 2.24. The molecule has 0 fully saturated rings. The van der Waals surface area contributed by atoms with Gasteiger partial charge in [0.1, 0.15) is 5.82 Å². The highest BCUT2D eigenvalue weighted by atomic mass is 35.5. The maximum absolute atomic E-state index is 6.20. The Hall–Kier alpha value is -2.59. The Kier molecular flexibility index (Phi) is 4.96. The summed E-state index contributed by atoms with van der Waals surface area (Å²) in [5.41, 5.74) is 2.92. The lowest BCUT2D eigenvalue weighted by atomic mass is 10.2. The van der Waals surface area contributed by atoms with Crippen LogP contribution in [-0.4, -0.2) is 17.0 Å². The van der Waals surface area contributed by atoms with Gasteiger partial charge in [0, 0.05) is 25.4 Å². The van der Waals surface area contributed by atoms with Crippen LogP contribution in [0.2, 0.25) is 5.02 Å². The van der Waals surface area contributed by atoms with Crippen molar-refractivity contribution in [3.8, 4) is 0 Å². The fraction of sp³-hybridized carbons (Fsp3) is 0.158. The third kappa shape index (κ3) is 4.03. The maximum Gasteiger partial charge on any atom is 0.229 e. The maximum atomic E-state index is 6.20. The lowest BCUT2D eigenvalue weighted by Crippen LogP contribution is -2.18. The molecule has 0 aliphatic heterocycles. The third-order valence-corrected chi connectivity index (χ3v) is 3.94. The van der Waals surface area contributed by atoms with Crippen LogP contribution >= 0.6 is 11.6 Å². The predicted octanol–water partition coefficient (Wildman–Crippen LogP) is 4.82. The molecular weight excluding hydrogens is 320 g/mol. The number of rotatable bonds is 5. The van der Waals surface area contributed by atoms with Crippen molar-refractivity contribution in [3.05, 3.63) is 76.9 Å². The molecule has 0 unspecified atom stereocenters. The topological polar surface area (TPSA) is 41.1 Å². The summed E-state index contributed by atoms with van der Waals surface area (Å²) in [7, 11) is 2.02. The van der Waals surface area contributed by atoms with Crippen molar-refractivity contribution in [1.29, 1.82) is 0 Å². The number of nitrogens with zero attached hydrogens (tertiary/aromatic N) is 3. The fourth-order valence-corrected chi connectivity index (χ4v) is 2.61. The predicted molar refractivity (Wildman–Crippen MR) is 100 cm³/mol. The SMILES string of the molecule is Cc1cc(N(C)Cc2ccccc2)nc(Nc2ccccc2Cl)n1. The number of aryl methyl sites for hydroxylation is 1. The standard InChI is InChI=1S/C19H19ClN4/c1-14-12-18(24(2)13-15-8-4-3-5-9-15)23-19(21-14)22-17-11-7-6-10-16(17)20/h3-12H,13H2,1-2H3,(H,21,22,23). The van der Waals surface area contributed by atoms with Crippen LogP contribution in [0.15, 0.2) is 60.7 Å². The van der Waals surface area contributed by atoms with E-state index in [4.69, 9.17) is 11.6 Å². The summed E-state index contributed by atoms with van der Waals surface area (Å²) in [4.78, 5) is 11.2. The van der Waals surface area contributed by atoms with Crippen molar-refractivity contribution in [2.45, 2.75) is 13.5 Å². The van der Waals surface area contributed by atoms with Gasteiger partial charge in [0.2, 0.25) is 5.95 Å². The van der Waals surface area contributed by atoms with E-state index in [1.807, 2.05) is 62.5 Å². The van der Waals surface area contributed by atoms with Gasteiger partial charge in [-0.2, -0.15) is 4.98 Å². The van der Waals surface area contributed by atoms with Gasteiger partial charge in [-0.25, -0.2) is 4.98 Å². The molecule has 2 aromatic carbocycles. The van der Waals surface area contributed by atoms with Crippen molar-refractivity contribution in [2.75, 3.05) is 17.3 Å². The number of benzene rings is 2. The van der Waals surface area contributed by atoms with E-state index in [1.165, 1.54) is 5.56 Å². The molecule has 3 aromatic rings. The summed E-state index contributed by atoms with van der Waals surface area (Å²) >= 11 is 6.20. The molecule has 1 heterocycles. The molecule has 1 aromatic heterocycles. The molecule has 24 heavy (non-hydrogen) atoms. The summed E-state index contributed by atoms with van der Waals surface area (Å²) in [6.07, 6.45) is 0. The average molecular weight is 339 g/mol. The molecule has 0 radical (unpaired) electrons. The van der Waals surface area contributed by atoms with Crippen LogP contribution in [0.25, 0.3) is 0 Å². The Morgan fingerprint density at radius 2 is 1.71 bits per heavy atom. The first-order valence-electron chi connectivity index (χ1n) is 7.74. The molecular formula is C19H19ClN4. The second kappa shape index (κ2) is 7.32. The molecule has 0 amide bonds. The van der Waals surface area contributed by atoms with Crippen LogP contribution in [-0.2, 0) is 6.54 Å². The summed E-state index contributed by atoms with van der Waals surface area (Å²) in [6, 6.07) is 19.8. The molecule has 0 saturated heterocycles. The van der Waals surface area contributed by atoms with Gasteiger partial charge in [0.05, 0.1) is 10.7 Å². The summed E-state index contributed by atoms with van der Waals surface area (Å²) < 4.78 is 0. The van der Waals surface area contributed by atoms with Crippen LogP contribution in [0.3, 0.4) is 0 Å². The van der Waals surface area contributed by atoms with E-state index in [9.17, 15) is 0 Å². The smallest absolute Gasteiger partial charge is 0.229 e. The number of halogens is 1. The Balaban J connectivity index is 1.82. The quantitative estimate of drug-likeness (QED) is 0.724. The zero-order chi connectivity index (χ0) is 16.9. The third-order valence-electron chi connectivity index (χ3n) is 3.61. The van der Waals surface area contributed by atoms with Crippen molar-refractivity contribution in [3.63, 3.8) is 0 Å². The van der Waals surface area contributed by atoms with Gasteiger partial charge in [-0.15, -0.1) is 0 Å². The van der Waals surface area contributed by atoms with E-state index in [-0.39, 0.29) is 0 Å². The Labute approximate surface area is 147 Å². The number of hydrogen-bond donors (Lipinski definition) is 1. The summed E-state index contributed by atoms with van der Waals surface area (Å²) in [5.74, 6) is 1.40. The molecule has 4 nitrogen and oxygen atoms in total. The number of anilines is 3. The monoisotopic (exact) mass is 338 g/mol. The molecule has 0 atom stereocenters. The molecule has 0 aliphatic carbocycles. The van der Waals surface area contributed by atoms with E-state index >= 15 is 0 Å². The van der Waals surface area contributed by atoms with E-state index in [2.05, 4.69) is 32.3 Å². The van der Waals surface area contributed by atoms with Crippen LogP contribution in [0.4, 0.5) is 17.5 Å². The van der Waals surface area contributed by atoms with Gasteiger partial charge in [0.15, 0.2) is 0 Å². The second-order valence-corrected chi connectivity index (χ2v) is 6.04.